The number of nitrogens with zero attached hydrogens (tertiary/aromatic N) is 5. The Morgan fingerprint density at radius 3 is 1.98 bits per heavy atom. The van der Waals surface area contributed by atoms with Crippen LogP contribution in [0.2, 0.25) is 0 Å². The molecule has 0 radical (unpaired) electrons. The maximum atomic E-state index is 14.1. The van der Waals surface area contributed by atoms with E-state index < -0.39 is 20.2 Å². The molecule has 0 saturated carbocycles. The Hall–Kier alpha value is -5.34. The first-order chi connectivity index (χ1) is 28.9. The molecule has 0 fully saturated rings. The molecule has 2 heterocycles. The van der Waals surface area contributed by atoms with Crippen LogP contribution < -0.4 is 43.2 Å². The third-order valence-corrected chi connectivity index (χ3v) is 13.0. The molecule has 0 bridgehead atoms. The van der Waals surface area contributed by atoms with Crippen LogP contribution in [0.25, 0.3) is 60.7 Å². The molecule has 0 atom stereocenters. The fourth-order valence-electron chi connectivity index (χ4n) is 7.07. The van der Waals surface area contributed by atoms with Gasteiger partial charge in [-0.1, -0.05) is 77.9 Å². The van der Waals surface area contributed by atoms with E-state index in [9.17, 15) is 22.1 Å². The largest absolute Gasteiger partial charge is 1.00 e. The van der Waals surface area contributed by atoms with E-state index in [2.05, 4.69) is 9.37 Å². The van der Waals surface area contributed by atoms with E-state index in [-0.39, 0.29) is 62.1 Å². The van der Waals surface area contributed by atoms with E-state index in [0.29, 0.717) is 39.2 Å². The molecule has 9 rings (SSSR count). The summed E-state index contributed by atoms with van der Waals surface area (Å²) in [7, 11) is -8.99. The van der Waals surface area contributed by atoms with E-state index in [1.807, 2.05) is 61.7 Å². The van der Waals surface area contributed by atoms with Crippen LogP contribution >= 0.6 is 12.0 Å². The van der Waals surface area contributed by atoms with Crippen molar-refractivity contribution in [2.75, 3.05) is 0 Å². The summed E-state index contributed by atoms with van der Waals surface area (Å²) < 4.78 is 74.8. The molecular formula is C43H32N5NaO9S3. The second-order valence-electron chi connectivity index (χ2n) is 13.9. The van der Waals surface area contributed by atoms with Crippen molar-refractivity contribution >= 4 is 75.9 Å². The van der Waals surface area contributed by atoms with Crippen molar-refractivity contribution in [3.8, 4) is 28.6 Å². The zero-order chi connectivity index (χ0) is 41.8. The van der Waals surface area contributed by atoms with Crippen LogP contribution in [0.15, 0.2) is 142 Å². The summed E-state index contributed by atoms with van der Waals surface area (Å²) in [6, 6.07) is 35.5. The summed E-state index contributed by atoms with van der Waals surface area (Å²) in [6.45, 7) is 6.00. The molecule has 0 amide bonds. The van der Waals surface area contributed by atoms with Gasteiger partial charge >= 0.3 is 49.8 Å². The minimum atomic E-state index is -4.50. The molecule has 0 saturated heterocycles. The Balaban J connectivity index is 0.00000514. The first-order valence-corrected chi connectivity index (χ1v) is 22.0. The van der Waals surface area contributed by atoms with Gasteiger partial charge in [-0.15, -0.1) is 15.0 Å². The zero-order valence-electron chi connectivity index (χ0n) is 33.0. The van der Waals surface area contributed by atoms with Crippen LogP contribution in [-0.4, -0.2) is 41.4 Å². The Kier molecular flexibility index (Phi) is 11.7. The van der Waals surface area contributed by atoms with Crippen LogP contribution in [0.5, 0.6) is 11.5 Å². The number of hydrogen-bond donors (Lipinski definition) is 0. The van der Waals surface area contributed by atoms with Crippen molar-refractivity contribution < 1.29 is 69.4 Å². The summed E-state index contributed by atoms with van der Waals surface area (Å²) in [4.78, 5) is 6.54. The van der Waals surface area contributed by atoms with Crippen LogP contribution in [0.3, 0.4) is 0 Å². The molecule has 0 aliphatic rings. The SMILES string of the molecule is CCn1c(-c2cc(OS(=O)(=O)c3ccc(C)cc3)c(-n3nc4ccc5cc(SOO[O-])ccc5c4n3)cc2OS(=O)(=O)c2ccc(C)cc2)nc2ccc3ccccc3c21.[Na+]. The Morgan fingerprint density at radius 1 is 0.672 bits per heavy atom. The number of imidazole rings is 1. The van der Waals surface area contributed by atoms with E-state index >= 15 is 0 Å². The average molecular weight is 882 g/mol. The van der Waals surface area contributed by atoms with E-state index in [1.165, 1.54) is 41.2 Å². The summed E-state index contributed by atoms with van der Waals surface area (Å²) in [5.74, 6) is -0.122. The zero-order valence-corrected chi connectivity index (χ0v) is 37.4. The van der Waals surface area contributed by atoms with Crippen molar-refractivity contribution in [3.05, 3.63) is 139 Å². The van der Waals surface area contributed by atoms with Crippen LogP contribution in [0, 0.1) is 13.8 Å². The maximum absolute atomic E-state index is 14.1. The average Bonchev–Trinajstić information content (AvgIpc) is 3.86. The molecule has 2 aromatic heterocycles. The van der Waals surface area contributed by atoms with Crippen molar-refractivity contribution in [3.63, 3.8) is 0 Å². The normalized spacial score (nSPS) is 12.0. The third-order valence-electron chi connectivity index (χ3n) is 9.98. The predicted octanol–water partition coefficient (Wildman–Crippen LogP) is 5.15. The van der Waals surface area contributed by atoms with Gasteiger partial charge in [0.25, 0.3) is 0 Å². The maximum Gasteiger partial charge on any atom is 1.00 e. The molecule has 14 nitrogen and oxygen atoms in total. The summed E-state index contributed by atoms with van der Waals surface area (Å²) in [5, 5.41) is 26.7. The summed E-state index contributed by atoms with van der Waals surface area (Å²) in [6.07, 6.45) is 0. The van der Waals surface area contributed by atoms with Gasteiger partial charge in [0, 0.05) is 28.3 Å². The fraction of sp³-hybridized carbons (Fsp3) is 0.0930. The van der Waals surface area contributed by atoms with Gasteiger partial charge in [0.1, 0.15) is 32.3 Å². The number of fused-ring (bicyclic) bond motifs is 6. The smallest absolute Gasteiger partial charge is 0.691 e. The van der Waals surface area contributed by atoms with Crippen molar-refractivity contribution in [1.82, 2.24) is 24.5 Å². The Morgan fingerprint density at radius 2 is 1.31 bits per heavy atom. The molecule has 0 unspecified atom stereocenters. The van der Waals surface area contributed by atoms with Gasteiger partial charge in [-0.05, 0) is 86.1 Å². The molecular weight excluding hydrogens is 850 g/mol. The van der Waals surface area contributed by atoms with Crippen LogP contribution in [-0.2, 0) is 36.2 Å². The topological polar surface area (TPSA) is 177 Å². The first kappa shape index (κ1) is 42.4. The number of aromatic nitrogens is 5. The van der Waals surface area contributed by atoms with Crippen LogP contribution in [0.1, 0.15) is 18.1 Å². The van der Waals surface area contributed by atoms with Gasteiger partial charge in [0.15, 0.2) is 11.5 Å². The monoisotopic (exact) mass is 881 g/mol. The fourth-order valence-corrected chi connectivity index (χ4v) is 9.35. The molecule has 0 aliphatic heterocycles. The summed E-state index contributed by atoms with van der Waals surface area (Å²) >= 11 is 0.738. The molecule has 9 aromatic rings. The van der Waals surface area contributed by atoms with E-state index in [0.717, 1.165) is 44.8 Å². The second-order valence-corrected chi connectivity index (χ2v) is 17.7. The number of hydrogen-bond acceptors (Lipinski definition) is 13. The van der Waals surface area contributed by atoms with Crippen LogP contribution in [0.4, 0.5) is 0 Å². The van der Waals surface area contributed by atoms with Gasteiger partial charge in [-0.2, -0.15) is 21.2 Å². The quantitative estimate of drug-likeness (QED) is 0.0518. The second kappa shape index (κ2) is 16.8. The van der Waals surface area contributed by atoms with Gasteiger partial charge in [-0.3, -0.25) is 5.04 Å². The molecule has 18 heteroatoms. The molecule has 0 aliphatic carbocycles. The Labute approximate surface area is 376 Å². The minimum absolute atomic E-state index is 0. The minimum Gasteiger partial charge on any atom is -0.691 e. The molecule has 0 N–H and O–H groups in total. The van der Waals surface area contributed by atoms with Crippen molar-refractivity contribution in [2.24, 2.45) is 0 Å². The predicted molar refractivity (Wildman–Crippen MR) is 224 cm³/mol. The Bertz CT molecular complexity index is 3360. The number of rotatable bonds is 12. The van der Waals surface area contributed by atoms with Crippen molar-refractivity contribution in [1.29, 1.82) is 0 Å². The first-order valence-electron chi connectivity index (χ1n) is 18.4. The third kappa shape index (κ3) is 8.12. The van der Waals surface area contributed by atoms with Crippen molar-refractivity contribution in [2.45, 2.75) is 42.0 Å². The van der Waals surface area contributed by atoms with Gasteiger partial charge in [-0.25, -0.2) is 4.98 Å². The molecule has 0 spiro atoms. The molecule has 7 aromatic carbocycles. The molecule has 61 heavy (non-hydrogen) atoms. The standard InChI is InChI=1S/C43H33N5O9S3.Na/c1-4-47-42-34-8-6-5-7-28(34)13-22-37(42)44-43(47)35-24-40(55-60(52,53)32-18-11-27(3)12-19-32)38(25-39(35)54-59(50,51)31-16-9-26(2)10-17-31)48-45-36-21-14-29-23-30(58-57-56-49)15-20-33(29)41(36)46-48;/h5-25,49H,4H2,1-3H3;/q;+1/p-1. The number of benzene rings is 7. The van der Waals surface area contributed by atoms with E-state index in [1.54, 1.807) is 54.6 Å². The summed E-state index contributed by atoms with van der Waals surface area (Å²) in [5.41, 5.74) is 4.03. The number of aryl methyl sites for hydroxylation is 3. The van der Waals surface area contributed by atoms with Gasteiger partial charge in [0.05, 0.1) is 28.6 Å². The molecule has 302 valence electrons. The van der Waals surface area contributed by atoms with E-state index in [4.69, 9.17) is 23.5 Å². The van der Waals surface area contributed by atoms with Gasteiger partial charge < -0.3 is 18.2 Å². The van der Waals surface area contributed by atoms with Gasteiger partial charge in [0.2, 0.25) is 0 Å².